The SMILES string of the molecule is C/C(=C\c1csc(C)n1)[C@H]1CC(=O)CC(O)C(C)(C)C(=O)C(C)[C@@H](O)C(C)CCC[C@@]2(C)O[C@H]2C1. The van der Waals surface area contributed by atoms with Crippen molar-refractivity contribution >= 4 is 29.0 Å². The van der Waals surface area contributed by atoms with Crippen molar-refractivity contribution in [2.24, 2.45) is 23.2 Å². The number of thiazole rings is 1. The Morgan fingerprint density at radius 3 is 2.51 bits per heavy atom. The maximum atomic E-state index is 13.3. The molecular weight excluding hydrogens is 462 g/mol. The number of aromatic nitrogens is 1. The largest absolute Gasteiger partial charge is 0.392 e. The smallest absolute Gasteiger partial charge is 0.146 e. The number of ether oxygens (including phenoxy) is 1. The zero-order valence-electron chi connectivity index (χ0n) is 22.3. The van der Waals surface area contributed by atoms with Crippen LogP contribution in [0.2, 0.25) is 0 Å². The van der Waals surface area contributed by atoms with Crippen molar-refractivity contribution in [1.29, 1.82) is 0 Å². The number of hydrogen-bond acceptors (Lipinski definition) is 7. The third-order valence-corrected chi connectivity index (χ3v) is 9.19. The van der Waals surface area contributed by atoms with Gasteiger partial charge in [-0.2, -0.15) is 0 Å². The van der Waals surface area contributed by atoms with E-state index >= 15 is 0 Å². The van der Waals surface area contributed by atoms with Gasteiger partial charge in [-0.05, 0) is 57.9 Å². The van der Waals surface area contributed by atoms with E-state index in [1.54, 1.807) is 32.1 Å². The molecule has 7 atom stereocenters. The number of nitrogens with zero attached hydrogens (tertiary/aromatic N) is 1. The van der Waals surface area contributed by atoms with Gasteiger partial charge in [0.2, 0.25) is 0 Å². The fourth-order valence-corrected chi connectivity index (χ4v) is 6.04. The number of Topliss-reactive ketones (excluding diaryl/α,β-unsaturated/α-hetero) is 2. The third-order valence-electron chi connectivity index (χ3n) is 8.39. The lowest BCUT2D eigenvalue weighted by molar-refractivity contribution is -0.143. The lowest BCUT2D eigenvalue weighted by Gasteiger charge is -2.34. The van der Waals surface area contributed by atoms with Crippen LogP contribution in [-0.2, 0) is 14.3 Å². The van der Waals surface area contributed by atoms with Crippen LogP contribution in [0, 0.1) is 30.1 Å². The second-order valence-electron chi connectivity index (χ2n) is 11.7. The molecule has 7 heteroatoms. The van der Waals surface area contributed by atoms with Crippen LogP contribution in [0.5, 0.6) is 0 Å². The molecule has 1 aromatic heterocycles. The first kappa shape index (κ1) is 28.2. The van der Waals surface area contributed by atoms with Gasteiger partial charge in [-0.3, -0.25) is 9.59 Å². The molecule has 0 amide bonds. The van der Waals surface area contributed by atoms with E-state index in [0.717, 1.165) is 42.0 Å². The van der Waals surface area contributed by atoms with Gasteiger partial charge in [0.25, 0.3) is 0 Å². The molecule has 2 aliphatic rings. The molecule has 35 heavy (non-hydrogen) atoms. The van der Waals surface area contributed by atoms with E-state index in [2.05, 4.69) is 11.9 Å². The van der Waals surface area contributed by atoms with Crippen LogP contribution < -0.4 is 0 Å². The van der Waals surface area contributed by atoms with Gasteiger partial charge >= 0.3 is 0 Å². The van der Waals surface area contributed by atoms with Gasteiger partial charge in [-0.25, -0.2) is 4.98 Å². The monoisotopic (exact) mass is 505 g/mol. The molecule has 2 heterocycles. The second kappa shape index (κ2) is 10.9. The molecule has 1 saturated carbocycles. The van der Waals surface area contributed by atoms with Crippen LogP contribution in [0.4, 0.5) is 0 Å². The summed E-state index contributed by atoms with van der Waals surface area (Å²) in [5, 5.41) is 24.8. The number of epoxide rings is 1. The van der Waals surface area contributed by atoms with Crippen molar-refractivity contribution in [3.63, 3.8) is 0 Å². The van der Waals surface area contributed by atoms with Crippen molar-refractivity contribution in [3.8, 4) is 0 Å². The molecule has 0 radical (unpaired) electrons. The maximum absolute atomic E-state index is 13.3. The Bertz CT molecular complexity index is 953. The second-order valence-corrected chi connectivity index (χ2v) is 12.8. The van der Waals surface area contributed by atoms with E-state index in [1.807, 2.05) is 32.2 Å². The van der Waals surface area contributed by atoms with Crippen LogP contribution >= 0.6 is 11.3 Å². The molecule has 0 bridgehead atoms. The standard InChI is InChI=1S/C28H43NO5S/c1-16-9-8-10-28(7)24(34-28)13-20(17(2)11-21-15-35-19(4)29-21)12-22(30)14-23(31)27(5,6)26(33)18(3)25(16)32/h11,15-16,18,20,23-25,31-32H,8-10,12-14H2,1-7H3/b17-11+/t16?,18?,20-,23?,24-,25-,28+/m0/s1. The van der Waals surface area contributed by atoms with Gasteiger partial charge in [-0.15, -0.1) is 11.3 Å². The van der Waals surface area contributed by atoms with Crippen molar-refractivity contribution in [2.75, 3.05) is 0 Å². The van der Waals surface area contributed by atoms with Gasteiger partial charge in [0, 0.05) is 24.1 Å². The molecule has 1 aliphatic carbocycles. The van der Waals surface area contributed by atoms with E-state index in [4.69, 9.17) is 4.74 Å². The summed E-state index contributed by atoms with van der Waals surface area (Å²) in [4.78, 5) is 30.9. The molecule has 1 saturated heterocycles. The van der Waals surface area contributed by atoms with E-state index in [9.17, 15) is 19.8 Å². The Morgan fingerprint density at radius 2 is 1.89 bits per heavy atom. The lowest BCUT2D eigenvalue weighted by atomic mass is 9.72. The summed E-state index contributed by atoms with van der Waals surface area (Å²) in [6.07, 6.45) is 3.77. The summed E-state index contributed by atoms with van der Waals surface area (Å²) >= 11 is 1.60. The third kappa shape index (κ3) is 6.68. The molecule has 1 aliphatic heterocycles. The number of hydrogen-bond donors (Lipinski definition) is 2. The first-order valence-electron chi connectivity index (χ1n) is 12.9. The Hall–Kier alpha value is -1.41. The highest BCUT2D eigenvalue weighted by atomic mass is 32.1. The molecule has 6 nitrogen and oxygen atoms in total. The number of rotatable bonds is 2. The molecule has 3 rings (SSSR count). The summed E-state index contributed by atoms with van der Waals surface area (Å²) in [6.45, 7) is 13.2. The summed E-state index contributed by atoms with van der Waals surface area (Å²) < 4.78 is 6.14. The Morgan fingerprint density at radius 1 is 1.20 bits per heavy atom. The highest BCUT2D eigenvalue weighted by Gasteiger charge is 2.52. The van der Waals surface area contributed by atoms with E-state index in [0.29, 0.717) is 0 Å². The Kier molecular flexibility index (Phi) is 8.78. The normalized spacial score (nSPS) is 37.7. The Labute approximate surface area is 214 Å². The predicted molar refractivity (Wildman–Crippen MR) is 139 cm³/mol. The van der Waals surface area contributed by atoms with Gasteiger partial charge in [0.1, 0.15) is 11.6 Å². The minimum absolute atomic E-state index is 0.0186. The van der Waals surface area contributed by atoms with Gasteiger partial charge in [-0.1, -0.05) is 39.7 Å². The number of aryl methyl sites for hydroxylation is 1. The lowest BCUT2D eigenvalue weighted by Crippen LogP contribution is -2.45. The number of carbonyl (C=O) groups is 2. The highest BCUT2D eigenvalue weighted by molar-refractivity contribution is 7.09. The summed E-state index contributed by atoms with van der Waals surface area (Å²) in [5.74, 6) is -0.945. The van der Waals surface area contributed by atoms with Gasteiger partial charge in [0.05, 0.1) is 40.0 Å². The molecule has 2 N–H and O–H groups in total. The molecule has 0 spiro atoms. The molecule has 2 fully saturated rings. The summed E-state index contributed by atoms with van der Waals surface area (Å²) in [6, 6.07) is 0. The molecule has 1 aromatic rings. The quantitative estimate of drug-likeness (QED) is 0.540. The first-order valence-corrected chi connectivity index (χ1v) is 13.8. The van der Waals surface area contributed by atoms with Gasteiger partial charge < -0.3 is 14.9 Å². The zero-order valence-corrected chi connectivity index (χ0v) is 23.2. The Balaban J connectivity index is 1.85. The topological polar surface area (TPSA) is 100 Å². The number of carbonyl (C=O) groups excluding carboxylic acids is 2. The number of aliphatic hydroxyl groups excluding tert-OH is 2. The number of fused-ring (bicyclic) bond motifs is 1. The molecule has 196 valence electrons. The fraction of sp³-hybridized carbons (Fsp3) is 0.750. The molecular formula is C28H43NO5S. The van der Waals surface area contributed by atoms with Crippen LogP contribution in [0.25, 0.3) is 6.08 Å². The van der Waals surface area contributed by atoms with E-state index < -0.39 is 23.5 Å². The summed E-state index contributed by atoms with van der Waals surface area (Å²) in [5.41, 5.74) is 0.641. The van der Waals surface area contributed by atoms with E-state index in [1.165, 1.54) is 0 Å². The van der Waals surface area contributed by atoms with E-state index in [-0.39, 0.29) is 47.9 Å². The van der Waals surface area contributed by atoms with Crippen molar-refractivity contribution in [2.45, 2.75) is 111 Å². The van der Waals surface area contributed by atoms with Crippen LogP contribution in [0.15, 0.2) is 11.0 Å². The van der Waals surface area contributed by atoms with Gasteiger partial charge in [0.15, 0.2) is 0 Å². The minimum Gasteiger partial charge on any atom is -0.392 e. The first-order chi connectivity index (χ1) is 16.2. The van der Waals surface area contributed by atoms with Crippen LogP contribution in [-0.4, -0.2) is 50.7 Å². The minimum atomic E-state index is -1.12. The number of ketones is 2. The summed E-state index contributed by atoms with van der Waals surface area (Å²) in [7, 11) is 0. The molecule has 3 unspecified atom stereocenters. The maximum Gasteiger partial charge on any atom is 0.146 e. The highest BCUT2D eigenvalue weighted by Crippen LogP contribution is 2.46. The van der Waals surface area contributed by atoms with Crippen LogP contribution in [0.1, 0.15) is 90.8 Å². The number of aliphatic hydroxyl groups is 2. The van der Waals surface area contributed by atoms with Crippen molar-refractivity contribution < 1.29 is 24.5 Å². The molecule has 0 aromatic carbocycles. The zero-order chi connectivity index (χ0) is 26.1. The number of allylic oxidation sites excluding steroid dienone is 1. The van der Waals surface area contributed by atoms with Crippen LogP contribution in [0.3, 0.4) is 0 Å². The average molecular weight is 506 g/mol. The fourth-order valence-electron chi connectivity index (χ4n) is 5.47. The van der Waals surface area contributed by atoms with Crippen molar-refractivity contribution in [1.82, 2.24) is 4.98 Å². The average Bonchev–Trinajstić information content (AvgIpc) is 3.22. The predicted octanol–water partition coefficient (Wildman–Crippen LogP) is 5.14. The van der Waals surface area contributed by atoms with Crippen molar-refractivity contribution in [3.05, 3.63) is 21.7 Å².